The standard InChI is InChI=1S/C10H9NO.C2H6.C2H4.C2H2/c1-12-9-6-8-4-2-3-5-10(8)11-7-9;3*1-2/h2-7H,1H3;1-2H3;1-2H2;1-2H. The van der Waals surface area contributed by atoms with Crippen LogP contribution in [0.4, 0.5) is 0 Å². The first-order valence-electron chi connectivity index (χ1n) is 5.62. The molecular formula is C16H21NO. The van der Waals surface area contributed by atoms with Crippen LogP contribution in [0.3, 0.4) is 0 Å². The molecule has 96 valence electrons. The zero-order valence-corrected chi connectivity index (χ0v) is 11.4. The summed E-state index contributed by atoms with van der Waals surface area (Å²) in [4.78, 5) is 4.23. The molecule has 0 fully saturated rings. The van der Waals surface area contributed by atoms with Crippen molar-refractivity contribution in [3.63, 3.8) is 0 Å². The van der Waals surface area contributed by atoms with E-state index in [9.17, 15) is 0 Å². The Bertz CT molecular complexity index is 449. The number of terminal acetylenes is 1. The number of hydrogen-bond acceptors (Lipinski definition) is 2. The third-order valence-electron chi connectivity index (χ3n) is 1.80. The van der Waals surface area contributed by atoms with Gasteiger partial charge in [-0.1, -0.05) is 32.0 Å². The molecular weight excluding hydrogens is 222 g/mol. The van der Waals surface area contributed by atoms with Crippen LogP contribution in [0.1, 0.15) is 13.8 Å². The Hall–Kier alpha value is -2.27. The zero-order valence-electron chi connectivity index (χ0n) is 11.4. The van der Waals surface area contributed by atoms with E-state index in [1.54, 1.807) is 13.3 Å². The highest BCUT2D eigenvalue weighted by Gasteiger charge is 1.94. The molecule has 0 aliphatic rings. The molecule has 18 heavy (non-hydrogen) atoms. The molecule has 0 unspecified atom stereocenters. The predicted molar refractivity (Wildman–Crippen MR) is 80.8 cm³/mol. The van der Waals surface area contributed by atoms with Crippen LogP contribution in [0.5, 0.6) is 5.75 Å². The first-order valence-corrected chi connectivity index (χ1v) is 5.62. The van der Waals surface area contributed by atoms with Crippen molar-refractivity contribution in [2.45, 2.75) is 13.8 Å². The summed E-state index contributed by atoms with van der Waals surface area (Å²) < 4.78 is 5.06. The molecule has 0 atom stereocenters. The molecule has 0 saturated carbocycles. The Balaban J connectivity index is 0. The van der Waals surface area contributed by atoms with Gasteiger partial charge in [0.25, 0.3) is 0 Å². The summed E-state index contributed by atoms with van der Waals surface area (Å²) in [5.74, 6) is 0.800. The predicted octanol–water partition coefficient (Wildman–Crippen LogP) is 4.32. The van der Waals surface area contributed by atoms with Gasteiger partial charge < -0.3 is 4.74 Å². The number of nitrogens with zero attached hydrogens (tertiary/aromatic N) is 1. The van der Waals surface area contributed by atoms with Crippen molar-refractivity contribution in [3.05, 3.63) is 49.7 Å². The van der Waals surface area contributed by atoms with Crippen LogP contribution < -0.4 is 4.74 Å². The topological polar surface area (TPSA) is 22.1 Å². The first kappa shape index (κ1) is 18.1. The molecule has 2 rings (SSSR count). The minimum atomic E-state index is 0.800. The summed E-state index contributed by atoms with van der Waals surface area (Å²) in [6, 6.07) is 9.94. The van der Waals surface area contributed by atoms with Crippen LogP contribution in [0, 0.1) is 12.8 Å². The third-order valence-corrected chi connectivity index (χ3v) is 1.80. The molecule has 0 N–H and O–H groups in total. The Labute approximate surface area is 110 Å². The van der Waals surface area contributed by atoms with Gasteiger partial charge in [0.1, 0.15) is 5.75 Å². The highest BCUT2D eigenvalue weighted by atomic mass is 16.5. The largest absolute Gasteiger partial charge is 0.495 e. The van der Waals surface area contributed by atoms with Crippen LogP contribution in [0.25, 0.3) is 10.9 Å². The van der Waals surface area contributed by atoms with Gasteiger partial charge in [0.05, 0.1) is 18.8 Å². The van der Waals surface area contributed by atoms with Crippen molar-refractivity contribution in [2.75, 3.05) is 7.11 Å². The highest BCUT2D eigenvalue weighted by Crippen LogP contribution is 2.16. The molecule has 0 saturated heterocycles. The normalized spacial score (nSPS) is 7.39. The van der Waals surface area contributed by atoms with E-state index in [0.717, 1.165) is 16.7 Å². The number of rotatable bonds is 1. The second-order valence-electron chi connectivity index (χ2n) is 2.57. The van der Waals surface area contributed by atoms with Gasteiger partial charge in [0.2, 0.25) is 0 Å². The Morgan fingerprint density at radius 1 is 1.11 bits per heavy atom. The second kappa shape index (κ2) is 12.8. The van der Waals surface area contributed by atoms with E-state index in [4.69, 9.17) is 4.74 Å². The molecule has 1 heterocycles. The third kappa shape index (κ3) is 5.72. The van der Waals surface area contributed by atoms with Gasteiger partial charge >= 0.3 is 0 Å². The van der Waals surface area contributed by atoms with Crippen molar-refractivity contribution in [3.8, 4) is 18.6 Å². The van der Waals surface area contributed by atoms with Gasteiger partial charge in [-0.2, -0.15) is 0 Å². The summed E-state index contributed by atoms with van der Waals surface area (Å²) >= 11 is 0. The number of hydrogen-bond donors (Lipinski definition) is 0. The Morgan fingerprint density at radius 2 is 1.67 bits per heavy atom. The minimum Gasteiger partial charge on any atom is -0.495 e. The summed E-state index contributed by atoms with van der Waals surface area (Å²) in [5, 5.41) is 1.11. The number of pyridine rings is 1. The maximum atomic E-state index is 5.06. The summed E-state index contributed by atoms with van der Waals surface area (Å²) in [5.41, 5.74) is 0.998. The molecule has 0 aliphatic carbocycles. The molecule has 0 bridgehead atoms. The van der Waals surface area contributed by atoms with E-state index >= 15 is 0 Å². The van der Waals surface area contributed by atoms with E-state index in [1.165, 1.54) is 0 Å². The molecule has 0 aliphatic heterocycles. The summed E-state index contributed by atoms with van der Waals surface area (Å²) in [6.07, 6.45) is 9.72. The summed E-state index contributed by atoms with van der Waals surface area (Å²) in [7, 11) is 1.64. The minimum absolute atomic E-state index is 0.800. The maximum absolute atomic E-state index is 5.06. The van der Waals surface area contributed by atoms with Crippen molar-refractivity contribution in [1.82, 2.24) is 4.98 Å². The average Bonchev–Trinajstić information content (AvgIpc) is 2.52. The lowest BCUT2D eigenvalue weighted by atomic mass is 10.2. The molecule has 2 nitrogen and oxygen atoms in total. The van der Waals surface area contributed by atoms with Crippen molar-refractivity contribution >= 4 is 10.9 Å². The van der Waals surface area contributed by atoms with Crippen LogP contribution in [-0.2, 0) is 0 Å². The number of ether oxygens (including phenoxy) is 1. The lowest BCUT2D eigenvalue weighted by Crippen LogP contribution is -1.84. The fourth-order valence-electron chi connectivity index (χ4n) is 1.16. The van der Waals surface area contributed by atoms with Crippen molar-refractivity contribution in [2.24, 2.45) is 0 Å². The van der Waals surface area contributed by atoms with Gasteiger partial charge in [0, 0.05) is 5.39 Å². The first-order chi connectivity index (χ1) is 8.90. The number of methoxy groups -OCH3 is 1. The fourth-order valence-corrected chi connectivity index (χ4v) is 1.16. The number of benzene rings is 1. The SMILES string of the molecule is C#C.C=C.CC.COc1cnc2ccccc2c1. The number of aromatic nitrogens is 1. The van der Waals surface area contributed by atoms with E-state index in [1.807, 2.05) is 44.2 Å². The van der Waals surface area contributed by atoms with E-state index in [2.05, 4.69) is 31.0 Å². The summed E-state index contributed by atoms with van der Waals surface area (Å²) in [6.45, 7) is 10.0. The Morgan fingerprint density at radius 3 is 2.22 bits per heavy atom. The van der Waals surface area contributed by atoms with Crippen LogP contribution in [0.2, 0.25) is 0 Å². The maximum Gasteiger partial charge on any atom is 0.137 e. The van der Waals surface area contributed by atoms with Crippen LogP contribution >= 0.6 is 0 Å². The Kier molecular flexibility index (Phi) is 12.9. The number of para-hydroxylation sites is 1. The van der Waals surface area contributed by atoms with Gasteiger partial charge in [0.15, 0.2) is 0 Å². The second-order valence-corrected chi connectivity index (χ2v) is 2.57. The number of fused-ring (bicyclic) bond motifs is 1. The molecule has 1 aromatic heterocycles. The molecule has 2 aromatic rings. The molecule has 0 spiro atoms. The van der Waals surface area contributed by atoms with Gasteiger partial charge in [-0.3, -0.25) is 4.98 Å². The molecule has 2 heteroatoms. The van der Waals surface area contributed by atoms with Gasteiger partial charge in [-0.25, -0.2) is 0 Å². The molecule has 1 aromatic carbocycles. The molecule has 0 radical (unpaired) electrons. The van der Waals surface area contributed by atoms with Gasteiger partial charge in [-0.15, -0.1) is 26.0 Å². The average molecular weight is 243 g/mol. The fraction of sp³-hybridized carbons (Fsp3) is 0.188. The van der Waals surface area contributed by atoms with E-state index in [-0.39, 0.29) is 0 Å². The zero-order chi connectivity index (χ0) is 14.4. The van der Waals surface area contributed by atoms with Crippen LogP contribution in [-0.4, -0.2) is 12.1 Å². The quantitative estimate of drug-likeness (QED) is 0.549. The van der Waals surface area contributed by atoms with E-state index < -0.39 is 0 Å². The van der Waals surface area contributed by atoms with Crippen molar-refractivity contribution < 1.29 is 4.74 Å². The van der Waals surface area contributed by atoms with E-state index in [0.29, 0.717) is 0 Å². The van der Waals surface area contributed by atoms with Crippen molar-refractivity contribution in [1.29, 1.82) is 0 Å². The smallest absolute Gasteiger partial charge is 0.137 e. The lowest BCUT2D eigenvalue weighted by molar-refractivity contribution is 0.414. The molecule has 0 amide bonds. The lowest BCUT2D eigenvalue weighted by Gasteiger charge is -2.00. The van der Waals surface area contributed by atoms with Gasteiger partial charge in [-0.05, 0) is 12.1 Å². The monoisotopic (exact) mass is 243 g/mol. The van der Waals surface area contributed by atoms with Crippen LogP contribution in [0.15, 0.2) is 49.7 Å². The highest BCUT2D eigenvalue weighted by molar-refractivity contribution is 5.79.